The Morgan fingerprint density at radius 2 is 1.95 bits per heavy atom. The highest BCUT2D eigenvalue weighted by Gasteiger charge is 2.32. The molecule has 0 saturated carbocycles. The van der Waals surface area contributed by atoms with Crippen molar-refractivity contribution in [3.63, 3.8) is 0 Å². The Kier molecular flexibility index (Phi) is 7.45. The smallest absolute Gasteiger partial charge is 0.405 e. The molecule has 1 saturated heterocycles. The van der Waals surface area contributed by atoms with Gasteiger partial charge in [-0.15, -0.1) is 25.6 Å². The number of nitrogens with zero attached hydrogens (tertiary/aromatic N) is 1. The van der Waals surface area contributed by atoms with Crippen molar-refractivity contribution in [1.82, 2.24) is 10.2 Å². The summed E-state index contributed by atoms with van der Waals surface area (Å²) < 4.78 is 40.9. The molecular formula is C14H19BrClF3N2O. The van der Waals surface area contributed by atoms with Gasteiger partial charge in [0.25, 0.3) is 0 Å². The van der Waals surface area contributed by atoms with Crippen LogP contribution in [0.25, 0.3) is 0 Å². The zero-order valence-electron chi connectivity index (χ0n) is 12.1. The number of hydrogen-bond acceptors (Lipinski definition) is 3. The molecule has 1 heterocycles. The van der Waals surface area contributed by atoms with Crippen molar-refractivity contribution in [2.24, 2.45) is 0 Å². The van der Waals surface area contributed by atoms with Gasteiger partial charge in [0.2, 0.25) is 0 Å². The highest BCUT2D eigenvalue weighted by Crippen LogP contribution is 2.31. The predicted molar refractivity (Wildman–Crippen MR) is 85.4 cm³/mol. The Hall–Kier alpha value is -0.500. The molecule has 1 aliphatic heterocycles. The fourth-order valence-corrected chi connectivity index (χ4v) is 3.02. The van der Waals surface area contributed by atoms with Gasteiger partial charge in [-0.3, -0.25) is 4.90 Å². The quantitative estimate of drug-likeness (QED) is 0.824. The summed E-state index contributed by atoms with van der Waals surface area (Å²) in [5, 5.41) is 3.31. The van der Waals surface area contributed by atoms with Crippen LogP contribution in [-0.4, -0.2) is 37.4 Å². The van der Waals surface area contributed by atoms with Crippen LogP contribution in [0.1, 0.15) is 18.4 Å². The minimum absolute atomic E-state index is 0. The first-order valence-corrected chi connectivity index (χ1v) is 7.59. The van der Waals surface area contributed by atoms with Gasteiger partial charge in [-0.1, -0.05) is 6.07 Å². The summed E-state index contributed by atoms with van der Waals surface area (Å²) in [4.78, 5) is 2.24. The third-order valence-electron chi connectivity index (χ3n) is 3.59. The maximum atomic E-state index is 12.2. The molecule has 22 heavy (non-hydrogen) atoms. The lowest BCUT2D eigenvalue weighted by Crippen LogP contribution is -2.40. The Morgan fingerprint density at radius 3 is 2.50 bits per heavy atom. The molecule has 0 radical (unpaired) electrons. The van der Waals surface area contributed by atoms with Crippen molar-refractivity contribution in [2.45, 2.75) is 31.8 Å². The Balaban J connectivity index is 0.00000242. The molecule has 0 aromatic heterocycles. The number of halogens is 5. The zero-order valence-corrected chi connectivity index (χ0v) is 14.5. The van der Waals surface area contributed by atoms with Gasteiger partial charge in [0.15, 0.2) is 0 Å². The lowest BCUT2D eigenvalue weighted by molar-refractivity contribution is -0.274. The molecule has 2 rings (SSSR count). The third-order valence-corrected chi connectivity index (χ3v) is 4.21. The standard InChI is InChI=1S/C14H18BrF3N2O.ClH/c1-20(11-4-6-19-7-5-11)9-10-2-3-13(12(15)8-10)21-14(16,17)18;/h2-3,8,11,19H,4-7,9H2,1H3;1H. The van der Waals surface area contributed by atoms with Crippen LogP contribution in [0.5, 0.6) is 5.75 Å². The van der Waals surface area contributed by atoms with Crippen LogP contribution in [0, 0.1) is 0 Å². The van der Waals surface area contributed by atoms with E-state index in [-0.39, 0.29) is 18.2 Å². The summed E-state index contributed by atoms with van der Waals surface area (Å²) in [6.07, 6.45) is -2.49. The fraction of sp³-hybridized carbons (Fsp3) is 0.571. The Labute approximate surface area is 142 Å². The second-order valence-electron chi connectivity index (χ2n) is 5.21. The summed E-state index contributed by atoms with van der Waals surface area (Å²) >= 11 is 3.13. The molecule has 1 aliphatic rings. The molecule has 3 nitrogen and oxygen atoms in total. The first-order chi connectivity index (χ1) is 9.85. The molecule has 1 aromatic carbocycles. The molecular weight excluding hydrogens is 385 g/mol. The van der Waals surface area contributed by atoms with Gasteiger partial charge in [0.1, 0.15) is 5.75 Å². The molecule has 0 bridgehead atoms. The second kappa shape index (κ2) is 8.38. The van der Waals surface area contributed by atoms with Crippen LogP contribution in [0.4, 0.5) is 13.2 Å². The van der Waals surface area contributed by atoms with Crippen molar-refractivity contribution in [3.8, 4) is 5.75 Å². The van der Waals surface area contributed by atoms with Crippen molar-refractivity contribution < 1.29 is 17.9 Å². The molecule has 0 amide bonds. The fourth-order valence-electron chi connectivity index (χ4n) is 2.51. The molecule has 0 spiro atoms. The van der Waals surface area contributed by atoms with Crippen molar-refractivity contribution in [3.05, 3.63) is 28.2 Å². The van der Waals surface area contributed by atoms with Gasteiger partial charge in [-0.2, -0.15) is 0 Å². The number of piperidine rings is 1. The average molecular weight is 404 g/mol. The van der Waals surface area contributed by atoms with Crippen molar-refractivity contribution in [2.75, 3.05) is 20.1 Å². The number of hydrogen-bond donors (Lipinski definition) is 1. The first-order valence-electron chi connectivity index (χ1n) is 6.80. The maximum absolute atomic E-state index is 12.2. The van der Waals surface area contributed by atoms with E-state index in [0.29, 0.717) is 17.1 Å². The van der Waals surface area contributed by atoms with Crippen molar-refractivity contribution >= 4 is 28.3 Å². The van der Waals surface area contributed by atoms with Gasteiger partial charge in [-0.05, 0) is 66.6 Å². The number of benzene rings is 1. The molecule has 0 unspecified atom stereocenters. The minimum Gasteiger partial charge on any atom is -0.405 e. The van der Waals surface area contributed by atoms with Gasteiger partial charge >= 0.3 is 6.36 Å². The Morgan fingerprint density at radius 1 is 1.32 bits per heavy atom. The minimum atomic E-state index is -4.67. The number of nitrogens with one attached hydrogen (secondary N) is 1. The van der Waals surface area contributed by atoms with E-state index in [1.165, 1.54) is 6.07 Å². The van der Waals surface area contributed by atoms with E-state index >= 15 is 0 Å². The molecule has 126 valence electrons. The van der Waals surface area contributed by atoms with E-state index in [0.717, 1.165) is 31.5 Å². The van der Waals surface area contributed by atoms with Gasteiger partial charge in [-0.25, -0.2) is 0 Å². The van der Waals surface area contributed by atoms with Crippen LogP contribution in [0.3, 0.4) is 0 Å². The number of ether oxygens (including phenoxy) is 1. The third kappa shape index (κ3) is 5.95. The maximum Gasteiger partial charge on any atom is 0.573 e. The van der Waals surface area contributed by atoms with E-state index < -0.39 is 6.36 Å². The topological polar surface area (TPSA) is 24.5 Å². The summed E-state index contributed by atoms with van der Waals surface area (Å²) in [5.74, 6) is -0.212. The lowest BCUT2D eigenvalue weighted by Gasteiger charge is -2.31. The van der Waals surface area contributed by atoms with E-state index in [2.05, 4.69) is 30.9 Å². The zero-order chi connectivity index (χ0) is 15.5. The lowest BCUT2D eigenvalue weighted by atomic mass is 10.0. The molecule has 1 aromatic rings. The van der Waals surface area contributed by atoms with Crippen LogP contribution in [-0.2, 0) is 6.54 Å². The molecule has 0 atom stereocenters. The normalized spacial score (nSPS) is 16.5. The predicted octanol–water partition coefficient (Wildman–Crippen LogP) is 3.95. The highest BCUT2D eigenvalue weighted by atomic mass is 79.9. The van der Waals surface area contributed by atoms with E-state index in [9.17, 15) is 13.2 Å². The van der Waals surface area contributed by atoms with Crippen LogP contribution in [0.15, 0.2) is 22.7 Å². The molecule has 1 N–H and O–H groups in total. The molecule has 1 fully saturated rings. The molecule has 0 aliphatic carbocycles. The highest BCUT2D eigenvalue weighted by molar-refractivity contribution is 9.10. The van der Waals surface area contributed by atoms with E-state index in [4.69, 9.17) is 0 Å². The summed E-state index contributed by atoms with van der Waals surface area (Å²) in [6, 6.07) is 5.21. The van der Waals surface area contributed by atoms with E-state index in [1.807, 2.05) is 7.05 Å². The number of alkyl halides is 3. The average Bonchev–Trinajstić information content (AvgIpc) is 2.41. The van der Waals surface area contributed by atoms with Gasteiger partial charge < -0.3 is 10.1 Å². The first kappa shape index (κ1) is 19.5. The van der Waals surface area contributed by atoms with Crippen LogP contribution in [0.2, 0.25) is 0 Å². The number of rotatable bonds is 4. The van der Waals surface area contributed by atoms with Crippen LogP contribution < -0.4 is 10.1 Å². The van der Waals surface area contributed by atoms with Gasteiger partial charge in [0.05, 0.1) is 4.47 Å². The van der Waals surface area contributed by atoms with Gasteiger partial charge in [0, 0.05) is 12.6 Å². The SMILES string of the molecule is CN(Cc1ccc(OC(F)(F)F)c(Br)c1)C1CCNCC1.Cl. The largest absolute Gasteiger partial charge is 0.573 e. The monoisotopic (exact) mass is 402 g/mol. The summed E-state index contributed by atoms with van der Waals surface area (Å²) in [7, 11) is 2.05. The van der Waals surface area contributed by atoms with Crippen molar-refractivity contribution in [1.29, 1.82) is 0 Å². The van der Waals surface area contributed by atoms with Crippen LogP contribution >= 0.6 is 28.3 Å². The second-order valence-corrected chi connectivity index (χ2v) is 6.06. The van der Waals surface area contributed by atoms with E-state index in [1.54, 1.807) is 12.1 Å². The summed E-state index contributed by atoms with van der Waals surface area (Å²) in [5.41, 5.74) is 0.956. The Bertz CT molecular complexity index is 482. The summed E-state index contributed by atoms with van der Waals surface area (Å²) in [6.45, 7) is 2.73. The molecule has 8 heteroatoms.